The molecule has 2 aromatic carbocycles. The predicted octanol–water partition coefficient (Wildman–Crippen LogP) is 8.53. The van der Waals surface area contributed by atoms with Gasteiger partial charge < -0.3 is 19.6 Å². The third-order valence-corrected chi connectivity index (χ3v) is 12.8. The van der Waals surface area contributed by atoms with Crippen LogP contribution >= 0.6 is 21.6 Å². The summed E-state index contributed by atoms with van der Waals surface area (Å²) in [5.41, 5.74) is 12.1. The zero-order chi connectivity index (χ0) is 42.2. The number of nitrogens with zero attached hydrogens (tertiary/aromatic N) is 6. The largest absolute Gasteiger partial charge is 0.375 e. The van der Waals surface area contributed by atoms with E-state index >= 15 is 0 Å². The summed E-state index contributed by atoms with van der Waals surface area (Å²) in [6.45, 7) is 18.0. The summed E-state index contributed by atoms with van der Waals surface area (Å²) in [7, 11) is 10.8. The summed E-state index contributed by atoms with van der Waals surface area (Å²) in [5, 5.41) is 0. The van der Waals surface area contributed by atoms with Crippen LogP contribution in [0.4, 0.5) is 11.4 Å². The van der Waals surface area contributed by atoms with Gasteiger partial charge in [0.25, 0.3) is 0 Å². The normalized spacial score (nSPS) is 11.4. The molecule has 0 radical (unpaired) electrons. The predicted molar refractivity (Wildman–Crippen MR) is 250 cm³/mol. The van der Waals surface area contributed by atoms with Crippen molar-refractivity contribution in [3.8, 4) is 0 Å². The van der Waals surface area contributed by atoms with Gasteiger partial charge in [-0.15, -0.1) is 0 Å². The van der Waals surface area contributed by atoms with Crippen molar-refractivity contribution in [3.05, 3.63) is 118 Å². The molecular formula is C48H66N6O2S2+2. The summed E-state index contributed by atoms with van der Waals surface area (Å²) in [4.78, 5) is 33.6. The Bertz CT molecular complexity index is 1820. The molecule has 58 heavy (non-hydrogen) atoms. The summed E-state index contributed by atoms with van der Waals surface area (Å²) >= 11 is 0. The lowest BCUT2D eigenvalue weighted by Gasteiger charge is -2.22. The highest BCUT2D eigenvalue weighted by molar-refractivity contribution is 8.77. The van der Waals surface area contributed by atoms with Gasteiger partial charge in [-0.05, 0) is 73.2 Å². The molecule has 4 rings (SSSR count). The number of amides is 2. The van der Waals surface area contributed by atoms with Crippen molar-refractivity contribution in [3.63, 3.8) is 0 Å². The molecule has 0 saturated carbocycles. The van der Waals surface area contributed by atoms with E-state index in [9.17, 15) is 9.59 Å². The average Bonchev–Trinajstić information content (AvgIpc) is 3.20. The van der Waals surface area contributed by atoms with Crippen LogP contribution in [0.5, 0.6) is 0 Å². The van der Waals surface area contributed by atoms with Crippen molar-refractivity contribution < 1.29 is 18.7 Å². The number of aromatic nitrogens is 2. The van der Waals surface area contributed by atoms with Gasteiger partial charge in [-0.3, -0.25) is 9.59 Å². The molecule has 0 unspecified atom stereocenters. The number of hydrogen-bond donors (Lipinski definition) is 0. The van der Waals surface area contributed by atoms with Gasteiger partial charge >= 0.3 is 0 Å². The average molecular weight is 823 g/mol. The van der Waals surface area contributed by atoms with E-state index in [2.05, 4.69) is 172 Å². The molecule has 0 N–H and O–H groups in total. The molecule has 2 amide bonds. The third kappa shape index (κ3) is 14.1. The number of carbonyl (C=O) groups is 2. The fourth-order valence-corrected chi connectivity index (χ4v) is 9.09. The minimum absolute atomic E-state index is 0.0866. The Balaban J connectivity index is 1.07. The number of benzene rings is 2. The van der Waals surface area contributed by atoms with Crippen LogP contribution in [0, 0.1) is 27.7 Å². The molecule has 0 aliphatic heterocycles. The highest BCUT2D eigenvalue weighted by Crippen LogP contribution is 2.22. The Kier molecular flexibility index (Phi) is 18.4. The standard InChI is InChI=1S/C48H66N6O2S2/c1-11-53-37(3)31-43(32-38(53)4)17-15-41-19-23-45(24-20-41)49(7)27-13-29-51(9)47(55)35-57-58-36-48(56)52(10)30-14-28-50(8)46-25-21-42(22-26-46)16-18-44-33-39(5)54(12-2)40(6)34-44/h15-26,31-34H,11-14,27-30,35-36H2,1-10H3/q+2. The summed E-state index contributed by atoms with van der Waals surface area (Å²) < 4.78 is 4.63. The molecule has 0 spiro atoms. The van der Waals surface area contributed by atoms with Gasteiger partial charge in [-0.1, -0.05) is 70.2 Å². The quantitative estimate of drug-likeness (QED) is 0.0478. The Hall–Kier alpha value is -4.54. The van der Waals surface area contributed by atoms with E-state index < -0.39 is 0 Å². The van der Waals surface area contributed by atoms with E-state index in [4.69, 9.17) is 0 Å². The molecule has 0 aliphatic carbocycles. The second-order valence-electron chi connectivity index (χ2n) is 15.2. The lowest BCUT2D eigenvalue weighted by Crippen LogP contribution is -2.39. The number of aryl methyl sites for hydroxylation is 4. The smallest absolute Gasteiger partial charge is 0.233 e. The van der Waals surface area contributed by atoms with Gasteiger partial charge in [0.15, 0.2) is 22.8 Å². The number of hydrogen-bond acceptors (Lipinski definition) is 6. The van der Waals surface area contributed by atoms with Crippen molar-refractivity contribution in [1.29, 1.82) is 0 Å². The maximum absolute atomic E-state index is 12.8. The van der Waals surface area contributed by atoms with Gasteiger partial charge in [-0.2, -0.15) is 0 Å². The van der Waals surface area contributed by atoms with Crippen molar-refractivity contribution >= 4 is 69.1 Å². The number of rotatable bonds is 21. The number of pyridine rings is 2. The zero-order valence-electron chi connectivity index (χ0n) is 36.6. The summed E-state index contributed by atoms with van der Waals surface area (Å²) in [6.07, 6.45) is 10.4. The van der Waals surface area contributed by atoms with Crippen LogP contribution in [0.25, 0.3) is 24.3 Å². The SMILES string of the molecule is CC[n+]1c(C)cc(/C=C/c2ccc(N(C)CCCN(C)C(=O)CSSCC(=O)N(C)CCCN(C)c3ccc(/C=C/c4cc(C)[n+](CC)c(C)c4)cc3)cc2)cc1C. The van der Waals surface area contributed by atoms with E-state index in [0.29, 0.717) is 24.6 Å². The Morgan fingerprint density at radius 2 is 0.810 bits per heavy atom. The molecule has 0 atom stereocenters. The second kappa shape index (κ2) is 23.2. The molecule has 2 aromatic heterocycles. The molecule has 2 heterocycles. The number of anilines is 2. The maximum Gasteiger partial charge on any atom is 0.233 e. The van der Waals surface area contributed by atoms with Gasteiger partial charge in [0, 0.05) is 118 Å². The molecule has 4 aromatic rings. The molecule has 10 heteroatoms. The van der Waals surface area contributed by atoms with E-state index in [1.165, 1.54) is 55.5 Å². The topological polar surface area (TPSA) is 54.9 Å². The minimum Gasteiger partial charge on any atom is -0.375 e. The highest BCUT2D eigenvalue weighted by Gasteiger charge is 2.14. The van der Waals surface area contributed by atoms with Crippen LogP contribution < -0.4 is 18.9 Å². The molecular weight excluding hydrogens is 757 g/mol. The second-order valence-corrected chi connectivity index (χ2v) is 17.6. The minimum atomic E-state index is 0.0866. The van der Waals surface area contributed by atoms with Crippen LogP contribution in [0.3, 0.4) is 0 Å². The number of carbonyl (C=O) groups excluding carboxylic acids is 2. The van der Waals surface area contributed by atoms with Crippen molar-refractivity contribution in [1.82, 2.24) is 9.80 Å². The monoisotopic (exact) mass is 822 g/mol. The van der Waals surface area contributed by atoms with Crippen LogP contribution in [0.1, 0.15) is 71.7 Å². The van der Waals surface area contributed by atoms with Crippen LogP contribution in [-0.2, 0) is 22.7 Å². The van der Waals surface area contributed by atoms with Crippen molar-refractivity contribution in [2.75, 3.05) is 75.7 Å². The van der Waals surface area contributed by atoms with E-state index in [0.717, 1.165) is 61.5 Å². The molecule has 0 bridgehead atoms. The van der Waals surface area contributed by atoms with Crippen LogP contribution in [0.15, 0.2) is 72.8 Å². The van der Waals surface area contributed by atoms with Crippen LogP contribution in [0.2, 0.25) is 0 Å². The van der Waals surface area contributed by atoms with E-state index in [1.807, 2.05) is 14.1 Å². The maximum atomic E-state index is 12.8. The first-order chi connectivity index (χ1) is 27.8. The van der Waals surface area contributed by atoms with E-state index in [1.54, 1.807) is 9.80 Å². The zero-order valence-corrected chi connectivity index (χ0v) is 38.3. The molecule has 0 fully saturated rings. The molecule has 0 saturated heterocycles. The Morgan fingerprint density at radius 3 is 1.12 bits per heavy atom. The van der Waals surface area contributed by atoms with Gasteiger partial charge in [-0.25, -0.2) is 9.13 Å². The van der Waals surface area contributed by atoms with Gasteiger partial charge in [0.1, 0.15) is 13.1 Å². The first-order valence-corrected chi connectivity index (χ1v) is 23.0. The molecule has 0 aliphatic rings. The summed E-state index contributed by atoms with van der Waals surface area (Å²) in [5.74, 6) is 0.883. The summed E-state index contributed by atoms with van der Waals surface area (Å²) in [6, 6.07) is 26.1. The lowest BCUT2D eigenvalue weighted by molar-refractivity contribution is -0.705. The van der Waals surface area contributed by atoms with Crippen LogP contribution in [-0.4, -0.2) is 87.5 Å². The van der Waals surface area contributed by atoms with Crippen molar-refractivity contribution in [2.45, 2.75) is 67.5 Å². The van der Waals surface area contributed by atoms with E-state index in [-0.39, 0.29) is 11.8 Å². The Labute approximate surface area is 357 Å². The first kappa shape index (κ1) is 46.2. The highest BCUT2D eigenvalue weighted by atomic mass is 33.1. The Morgan fingerprint density at radius 1 is 0.500 bits per heavy atom. The lowest BCUT2D eigenvalue weighted by atomic mass is 10.1. The molecule has 310 valence electrons. The van der Waals surface area contributed by atoms with Gasteiger partial charge in [0.05, 0.1) is 11.5 Å². The first-order valence-electron chi connectivity index (χ1n) is 20.5. The van der Waals surface area contributed by atoms with Gasteiger partial charge in [0.2, 0.25) is 11.8 Å². The third-order valence-electron chi connectivity index (χ3n) is 10.7. The van der Waals surface area contributed by atoms with Crippen molar-refractivity contribution in [2.24, 2.45) is 0 Å². The fourth-order valence-electron chi connectivity index (χ4n) is 7.17. The fraction of sp³-hybridized carbons (Fsp3) is 0.417. The molecule has 8 nitrogen and oxygen atoms in total.